The highest BCUT2D eigenvalue weighted by Crippen LogP contribution is 2.38. The Labute approximate surface area is 201 Å². The number of nitrogens with zero attached hydrogens (tertiary/aromatic N) is 4. The Morgan fingerprint density at radius 2 is 1.56 bits per heavy atom. The van der Waals surface area contributed by atoms with E-state index in [4.69, 9.17) is 10.2 Å². The molecule has 1 amide bonds. The van der Waals surface area contributed by atoms with Gasteiger partial charge in [-0.05, 0) is 43.3 Å². The number of hydrogen-bond acceptors (Lipinski definition) is 7. The molecular formula is C26H19N5O2S. The lowest BCUT2D eigenvalue weighted by Gasteiger charge is -2.26. The molecule has 0 aliphatic heterocycles. The van der Waals surface area contributed by atoms with E-state index in [2.05, 4.69) is 11.1 Å². The summed E-state index contributed by atoms with van der Waals surface area (Å²) in [6.07, 6.45) is 1.45. The van der Waals surface area contributed by atoms with E-state index in [0.29, 0.717) is 5.76 Å². The minimum absolute atomic E-state index is 0.0296. The predicted octanol–water partition coefficient (Wildman–Crippen LogP) is 5.51. The number of amides is 1. The number of pyridine rings is 1. The summed E-state index contributed by atoms with van der Waals surface area (Å²) in [7, 11) is 0. The van der Waals surface area contributed by atoms with Gasteiger partial charge in [0.1, 0.15) is 34.3 Å². The fourth-order valence-corrected chi connectivity index (χ4v) is 4.47. The van der Waals surface area contributed by atoms with Crippen molar-refractivity contribution in [2.45, 2.75) is 17.2 Å². The van der Waals surface area contributed by atoms with Crippen LogP contribution in [0.2, 0.25) is 0 Å². The second kappa shape index (κ2) is 9.95. The van der Waals surface area contributed by atoms with E-state index in [0.717, 1.165) is 23.1 Å². The van der Waals surface area contributed by atoms with Crippen LogP contribution in [0.3, 0.4) is 0 Å². The summed E-state index contributed by atoms with van der Waals surface area (Å²) in [6.45, 7) is 1.75. The van der Waals surface area contributed by atoms with Crippen molar-refractivity contribution in [3.05, 3.63) is 90.2 Å². The third kappa shape index (κ3) is 4.36. The van der Waals surface area contributed by atoms with Gasteiger partial charge >= 0.3 is 0 Å². The number of para-hydroxylation sites is 2. The topological polar surface area (TPSA) is 120 Å². The highest BCUT2D eigenvalue weighted by atomic mass is 32.2. The lowest BCUT2D eigenvalue weighted by molar-refractivity contribution is -0.117. The molecule has 2 N–H and O–H groups in total. The third-order valence-electron chi connectivity index (χ3n) is 5.07. The first-order chi connectivity index (χ1) is 16.5. The van der Waals surface area contributed by atoms with E-state index in [1.54, 1.807) is 24.0 Å². The number of anilines is 3. The van der Waals surface area contributed by atoms with Gasteiger partial charge in [0, 0.05) is 11.4 Å². The van der Waals surface area contributed by atoms with Crippen molar-refractivity contribution >= 4 is 34.9 Å². The van der Waals surface area contributed by atoms with Crippen LogP contribution in [0.5, 0.6) is 0 Å². The molecule has 1 unspecified atom stereocenters. The van der Waals surface area contributed by atoms with E-state index in [1.165, 1.54) is 6.26 Å². The summed E-state index contributed by atoms with van der Waals surface area (Å²) in [5, 5.41) is 19.2. The van der Waals surface area contributed by atoms with Crippen LogP contribution in [-0.2, 0) is 4.79 Å². The van der Waals surface area contributed by atoms with E-state index in [9.17, 15) is 15.3 Å². The van der Waals surface area contributed by atoms with Crippen molar-refractivity contribution < 1.29 is 9.21 Å². The largest absolute Gasteiger partial charge is 0.464 e. The number of nitriles is 2. The molecule has 0 fully saturated rings. The maximum atomic E-state index is 13.7. The number of thioether (sulfide) groups is 1. The lowest BCUT2D eigenvalue weighted by Crippen LogP contribution is -2.33. The minimum Gasteiger partial charge on any atom is -0.464 e. The van der Waals surface area contributed by atoms with Crippen LogP contribution in [0.4, 0.5) is 17.2 Å². The molecular weight excluding hydrogens is 446 g/mol. The Kier molecular flexibility index (Phi) is 6.63. The maximum absolute atomic E-state index is 13.7. The van der Waals surface area contributed by atoms with Crippen molar-refractivity contribution in [3.8, 4) is 23.5 Å². The average Bonchev–Trinajstić information content (AvgIpc) is 3.40. The van der Waals surface area contributed by atoms with Gasteiger partial charge in [0.25, 0.3) is 0 Å². The Hall–Kier alpha value is -4.53. The molecule has 7 nitrogen and oxygen atoms in total. The van der Waals surface area contributed by atoms with Gasteiger partial charge < -0.3 is 10.2 Å². The van der Waals surface area contributed by atoms with E-state index < -0.39 is 5.25 Å². The minimum atomic E-state index is -0.628. The number of rotatable bonds is 6. The number of hydrogen-bond donors (Lipinski definition) is 1. The first-order valence-corrected chi connectivity index (χ1v) is 11.2. The standard InChI is InChI=1S/C26H19N5O2S/c1-17(26(32)31(18-9-4-2-5-10-18)19-11-6-3-7-12-19)34-25-21(16-28)23(22-13-8-14-33-22)20(15-27)24(29)30-25/h2-14,17H,1H3,(H2,29,30). The SMILES string of the molecule is CC(Sc1nc(N)c(C#N)c(-c2ccco2)c1C#N)C(=O)N(c1ccccc1)c1ccccc1. The molecule has 0 aliphatic carbocycles. The molecule has 2 aromatic heterocycles. The molecule has 8 heteroatoms. The van der Waals surface area contributed by atoms with E-state index in [-0.39, 0.29) is 33.4 Å². The summed E-state index contributed by atoms with van der Waals surface area (Å²) < 4.78 is 5.45. The molecule has 2 aromatic carbocycles. The first kappa shape index (κ1) is 22.7. The van der Waals surface area contributed by atoms with Crippen LogP contribution in [0.25, 0.3) is 11.3 Å². The normalized spacial score (nSPS) is 11.3. The average molecular weight is 466 g/mol. The van der Waals surface area contributed by atoms with Crippen molar-refractivity contribution in [3.63, 3.8) is 0 Å². The van der Waals surface area contributed by atoms with Crippen molar-refractivity contribution in [1.82, 2.24) is 4.98 Å². The van der Waals surface area contributed by atoms with Gasteiger partial charge in [-0.2, -0.15) is 10.5 Å². The van der Waals surface area contributed by atoms with Crippen molar-refractivity contribution in [2.75, 3.05) is 10.6 Å². The molecule has 0 saturated carbocycles. The molecule has 0 spiro atoms. The highest BCUT2D eigenvalue weighted by Gasteiger charge is 2.28. The number of furan rings is 1. The first-order valence-electron chi connectivity index (χ1n) is 10.3. The fourth-order valence-electron chi connectivity index (χ4n) is 3.51. The molecule has 0 aliphatic rings. The molecule has 166 valence electrons. The molecule has 2 heterocycles. The molecule has 1 atom stereocenters. The van der Waals surface area contributed by atoms with Crippen LogP contribution < -0.4 is 10.6 Å². The van der Waals surface area contributed by atoms with E-state index in [1.807, 2.05) is 66.7 Å². The number of aromatic nitrogens is 1. The Balaban J connectivity index is 1.75. The molecule has 34 heavy (non-hydrogen) atoms. The summed E-state index contributed by atoms with van der Waals surface area (Å²) in [5.41, 5.74) is 7.97. The van der Waals surface area contributed by atoms with Gasteiger partial charge in [-0.3, -0.25) is 9.69 Å². The van der Waals surface area contributed by atoms with Crippen LogP contribution in [0, 0.1) is 22.7 Å². The predicted molar refractivity (Wildman–Crippen MR) is 131 cm³/mol. The highest BCUT2D eigenvalue weighted by molar-refractivity contribution is 8.00. The summed E-state index contributed by atoms with van der Waals surface area (Å²) in [6, 6.07) is 26.1. The van der Waals surface area contributed by atoms with Gasteiger partial charge in [0.05, 0.1) is 22.6 Å². The zero-order valence-electron chi connectivity index (χ0n) is 18.2. The van der Waals surface area contributed by atoms with Crippen LogP contribution in [0.1, 0.15) is 18.1 Å². The lowest BCUT2D eigenvalue weighted by atomic mass is 10.0. The zero-order chi connectivity index (χ0) is 24.1. The quantitative estimate of drug-likeness (QED) is 0.373. The summed E-state index contributed by atoms with van der Waals surface area (Å²) in [5.74, 6) is 0.104. The molecule has 0 bridgehead atoms. The van der Waals surface area contributed by atoms with Crippen molar-refractivity contribution in [2.24, 2.45) is 0 Å². The fraction of sp³-hybridized carbons (Fsp3) is 0.0769. The number of carbonyl (C=O) groups excluding carboxylic acids is 1. The van der Waals surface area contributed by atoms with Gasteiger partial charge in [-0.1, -0.05) is 48.2 Å². The molecule has 4 aromatic rings. The smallest absolute Gasteiger partial charge is 0.244 e. The number of nitrogens with two attached hydrogens (primary N) is 1. The zero-order valence-corrected chi connectivity index (χ0v) is 19.0. The molecule has 0 saturated heterocycles. The summed E-state index contributed by atoms with van der Waals surface area (Å²) in [4.78, 5) is 19.6. The monoisotopic (exact) mass is 465 g/mol. The maximum Gasteiger partial charge on any atom is 0.244 e. The number of nitrogen functional groups attached to an aromatic ring is 1. The second-order valence-electron chi connectivity index (χ2n) is 7.23. The van der Waals surface area contributed by atoms with Crippen LogP contribution in [-0.4, -0.2) is 16.1 Å². The number of benzene rings is 2. The van der Waals surface area contributed by atoms with Gasteiger partial charge in [-0.15, -0.1) is 0 Å². The van der Waals surface area contributed by atoms with Gasteiger partial charge in [0.15, 0.2) is 0 Å². The molecule has 0 radical (unpaired) electrons. The van der Waals surface area contributed by atoms with Gasteiger partial charge in [-0.25, -0.2) is 4.98 Å². The molecule has 4 rings (SSSR count). The summed E-state index contributed by atoms with van der Waals surface area (Å²) >= 11 is 1.11. The second-order valence-corrected chi connectivity index (χ2v) is 8.56. The Bertz CT molecular complexity index is 1350. The Morgan fingerprint density at radius 1 is 0.971 bits per heavy atom. The van der Waals surface area contributed by atoms with Crippen LogP contribution in [0.15, 0.2) is 88.5 Å². The van der Waals surface area contributed by atoms with E-state index >= 15 is 0 Å². The Morgan fingerprint density at radius 3 is 2.06 bits per heavy atom. The van der Waals surface area contributed by atoms with Gasteiger partial charge in [0.2, 0.25) is 5.91 Å². The third-order valence-corrected chi connectivity index (χ3v) is 6.14. The van der Waals surface area contributed by atoms with Crippen molar-refractivity contribution in [1.29, 1.82) is 10.5 Å². The number of carbonyl (C=O) groups is 1. The van der Waals surface area contributed by atoms with Crippen LogP contribution >= 0.6 is 11.8 Å².